The number of piperidine rings is 1. The van der Waals surface area contributed by atoms with Gasteiger partial charge in [0.25, 0.3) is 0 Å². The molecule has 0 spiro atoms. The zero-order chi connectivity index (χ0) is 12.4. The standard InChI is InChI=1S/C13H18N2O3/c16-13(3-5-14-6-4-13)8-15-10-1-2-11-12(7-10)18-9-17-11/h1-2,7,14-16H,3-6,8-9H2. The van der Waals surface area contributed by atoms with Gasteiger partial charge in [-0.1, -0.05) is 0 Å². The first kappa shape index (κ1) is 11.6. The highest BCUT2D eigenvalue weighted by Crippen LogP contribution is 2.34. The van der Waals surface area contributed by atoms with Crippen molar-refractivity contribution in [3.63, 3.8) is 0 Å². The monoisotopic (exact) mass is 250 g/mol. The third-order valence-electron chi connectivity index (χ3n) is 3.53. The quantitative estimate of drug-likeness (QED) is 0.745. The van der Waals surface area contributed by atoms with E-state index in [0.29, 0.717) is 6.54 Å². The maximum Gasteiger partial charge on any atom is 0.231 e. The van der Waals surface area contributed by atoms with Crippen LogP contribution in [-0.2, 0) is 0 Å². The van der Waals surface area contributed by atoms with E-state index >= 15 is 0 Å². The van der Waals surface area contributed by atoms with E-state index in [0.717, 1.165) is 43.1 Å². The molecular weight excluding hydrogens is 232 g/mol. The van der Waals surface area contributed by atoms with Gasteiger partial charge in [0, 0.05) is 18.3 Å². The van der Waals surface area contributed by atoms with Crippen molar-refractivity contribution in [1.82, 2.24) is 5.32 Å². The number of aliphatic hydroxyl groups is 1. The largest absolute Gasteiger partial charge is 0.454 e. The minimum Gasteiger partial charge on any atom is -0.454 e. The molecule has 2 aliphatic rings. The Hall–Kier alpha value is -1.46. The highest BCUT2D eigenvalue weighted by molar-refractivity contribution is 5.55. The fraction of sp³-hybridized carbons (Fsp3) is 0.538. The first-order valence-electron chi connectivity index (χ1n) is 6.32. The summed E-state index contributed by atoms with van der Waals surface area (Å²) in [5, 5.41) is 16.9. The molecule has 5 heteroatoms. The normalized spacial score (nSPS) is 20.7. The Morgan fingerprint density at radius 2 is 2.00 bits per heavy atom. The number of anilines is 1. The molecule has 0 atom stereocenters. The molecule has 0 aliphatic carbocycles. The highest BCUT2D eigenvalue weighted by Gasteiger charge is 2.28. The van der Waals surface area contributed by atoms with Gasteiger partial charge >= 0.3 is 0 Å². The number of hydrogen-bond donors (Lipinski definition) is 3. The van der Waals surface area contributed by atoms with E-state index in [-0.39, 0.29) is 6.79 Å². The van der Waals surface area contributed by atoms with Crippen LogP contribution in [0.1, 0.15) is 12.8 Å². The maximum absolute atomic E-state index is 10.4. The Kier molecular flexibility index (Phi) is 3.01. The van der Waals surface area contributed by atoms with Gasteiger partial charge in [-0.25, -0.2) is 0 Å². The van der Waals surface area contributed by atoms with Crippen molar-refractivity contribution in [3.8, 4) is 11.5 Å². The van der Waals surface area contributed by atoms with Gasteiger partial charge in [-0.05, 0) is 38.1 Å². The second kappa shape index (κ2) is 4.66. The summed E-state index contributed by atoms with van der Waals surface area (Å²) in [4.78, 5) is 0. The molecule has 1 aromatic rings. The number of nitrogens with one attached hydrogen (secondary N) is 2. The van der Waals surface area contributed by atoms with Crippen LogP contribution < -0.4 is 20.1 Å². The van der Waals surface area contributed by atoms with Crippen LogP contribution in [0.4, 0.5) is 5.69 Å². The summed E-state index contributed by atoms with van der Waals surface area (Å²) in [5.41, 5.74) is 0.341. The summed E-state index contributed by atoms with van der Waals surface area (Å²) in [6.07, 6.45) is 1.56. The van der Waals surface area contributed by atoms with Crippen molar-refractivity contribution in [2.45, 2.75) is 18.4 Å². The summed E-state index contributed by atoms with van der Waals surface area (Å²) < 4.78 is 10.6. The molecular formula is C13H18N2O3. The van der Waals surface area contributed by atoms with Gasteiger partial charge in [0.2, 0.25) is 6.79 Å². The molecule has 3 rings (SSSR count). The lowest BCUT2D eigenvalue weighted by atomic mass is 9.92. The van der Waals surface area contributed by atoms with E-state index in [4.69, 9.17) is 9.47 Å². The molecule has 18 heavy (non-hydrogen) atoms. The Bertz CT molecular complexity index is 430. The van der Waals surface area contributed by atoms with Crippen molar-refractivity contribution in [2.75, 3.05) is 31.7 Å². The molecule has 0 bridgehead atoms. The minimum absolute atomic E-state index is 0.286. The van der Waals surface area contributed by atoms with Crippen LogP contribution in [0.25, 0.3) is 0 Å². The summed E-state index contributed by atoms with van der Waals surface area (Å²) >= 11 is 0. The predicted octanol–water partition coefficient (Wildman–Crippen LogP) is 0.942. The number of fused-ring (bicyclic) bond motifs is 1. The molecule has 1 aromatic carbocycles. The number of hydrogen-bond acceptors (Lipinski definition) is 5. The van der Waals surface area contributed by atoms with Gasteiger partial charge in [-0.3, -0.25) is 0 Å². The van der Waals surface area contributed by atoms with E-state index in [2.05, 4.69) is 10.6 Å². The highest BCUT2D eigenvalue weighted by atomic mass is 16.7. The van der Waals surface area contributed by atoms with Crippen molar-refractivity contribution in [1.29, 1.82) is 0 Å². The van der Waals surface area contributed by atoms with Crippen molar-refractivity contribution in [2.24, 2.45) is 0 Å². The number of ether oxygens (including phenoxy) is 2. The van der Waals surface area contributed by atoms with E-state index in [9.17, 15) is 5.11 Å². The van der Waals surface area contributed by atoms with Crippen LogP contribution in [0.5, 0.6) is 11.5 Å². The molecule has 5 nitrogen and oxygen atoms in total. The first-order chi connectivity index (χ1) is 8.75. The Morgan fingerprint density at radius 3 is 2.83 bits per heavy atom. The van der Waals surface area contributed by atoms with Gasteiger partial charge < -0.3 is 25.2 Å². The van der Waals surface area contributed by atoms with Gasteiger partial charge in [0.1, 0.15) is 0 Å². The van der Waals surface area contributed by atoms with Crippen molar-refractivity contribution >= 4 is 5.69 Å². The molecule has 1 saturated heterocycles. The lowest BCUT2D eigenvalue weighted by molar-refractivity contribution is 0.0232. The first-order valence-corrected chi connectivity index (χ1v) is 6.32. The van der Waals surface area contributed by atoms with Crippen LogP contribution in [0.3, 0.4) is 0 Å². The topological polar surface area (TPSA) is 62.8 Å². The zero-order valence-electron chi connectivity index (χ0n) is 10.2. The summed E-state index contributed by atoms with van der Waals surface area (Å²) in [6, 6.07) is 5.74. The molecule has 2 heterocycles. The Labute approximate surface area is 106 Å². The van der Waals surface area contributed by atoms with Crippen LogP contribution in [-0.4, -0.2) is 37.1 Å². The van der Waals surface area contributed by atoms with Gasteiger partial charge in [0.15, 0.2) is 11.5 Å². The molecule has 0 unspecified atom stereocenters. The summed E-state index contributed by atoms with van der Waals surface area (Å²) in [5.74, 6) is 1.54. The van der Waals surface area contributed by atoms with Crippen LogP contribution in [0, 0.1) is 0 Å². The average molecular weight is 250 g/mol. The lowest BCUT2D eigenvalue weighted by Crippen LogP contribution is -2.46. The summed E-state index contributed by atoms with van der Waals surface area (Å²) in [7, 11) is 0. The van der Waals surface area contributed by atoms with E-state index in [1.807, 2.05) is 18.2 Å². The van der Waals surface area contributed by atoms with Crippen LogP contribution in [0.15, 0.2) is 18.2 Å². The Morgan fingerprint density at radius 1 is 1.22 bits per heavy atom. The fourth-order valence-electron chi connectivity index (χ4n) is 2.34. The second-order valence-corrected chi connectivity index (χ2v) is 4.90. The molecule has 98 valence electrons. The van der Waals surface area contributed by atoms with Gasteiger partial charge in [-0.2, -0.15) is 0 Å². The molecule has 0 aromatic heterocycles. The molecule has 0 radical (unpaired) electrons. The van der Waals surface area contributed by atoms with Crippen LogP contribution >= 0.6 is 0 Å². The minimum atomic E-state index is -0.610. The Balaban J connectivity index is 1.62. The number of benzene rings is 1. The van der Waals surface area contributed by atoms with E-state index < -0.39 is 5.60 Å². The third-order valence-corrected chi connectivity index (χ3v) is 3.53. The lowest BCUT2D eigenvalue weighted by Gasteiger charge is -2.33. The van der Waals surface area contributed by atoms with E-state index in [1.54, 1.807) is 0 Å². The summed E-state index contributed by atoms with van der Waals surface area (Å²) in [6.45, 7) is 2.60. The second-order valence-electron chi connectivity index (χ2n) is 4.90. The SMILES string of the molecule is OC1(CNc2ccc3c(c2)OCO3)CCNCC1. The van der Waals surface area contributed by atoms with Gasteiger partial charge in [0.05, 0.1) is 5.60 Å². The smallest absolute Gasteiger partial charge is 0.231 e. The van der Waals surface area contributed by atoms with Gasteiger partial charge in [-0.15, -0.1) is 0 Å². The fourth-order valence-corrected chi connectivity index (χ4v) is 2.34. The maximum atomic E-state index is 10.4. The van der Waals surface area contributed by atoms with Crippen molar-refractivity contribution in [3.05, 3.63) is 18.2 Å². The van der Waals surface area contributed by atoms with Crippen LogP contribution in [0.2, 0.25) is 0 Å². The van der Waals surface area contributed by atoms with Crippen molar-refractivity contribution < 1.29 is 14.6 Å². The molecule has 0 amide bonds. The number of rotatable bonds is 3. The average Bonchev–Trinajstić information content (AvgIpc) is 2.85. The molecule has 3 N–H and O–H groups in total. The molecule has 1 fully saturated rings. The third kappa shape index (κ3) is 2.37. The molecule has 0 saturated carbocycles. The molecule has 2 aliphatic heterocycles. The zero-order valence-corrected chi connectivity index (χ0v) is 10.2. The predicted molar refractivity (Wildman–Crippen MR) is 68.1 cm³/mol. The van der Waals surface area contributed by atoms with E-state index in [1.165, 1.54) is 0 Å².